The standard InChI is InChI=1S/C32H44ClN6O2P.C30H41ClN7O2P.C25H28N3O5PS.C22H26ClN4O2PS/c1-6-26-31(33)32(35-27-9-7-8-10-29(27)42(4,5)40)36-30(34-26)21-23-11-12-25(22-28(23)41-3)38-15-13-24(14-16-38)39-19-17-37(2)18-20-39;1-35-16-18-38(19-17-35)22-12-14-37(15-13-22)23-10-11-25(27(20-23)40-3)33-30-32-21-24(31)29(34-30)36(2)26-8-6-7-9-28(26)41(4,5)39;1-15(2)35(31,32)22-9-7-6-8-18(22)23-20(29)12-16-14-26-25(28-24(16)23)27-19-11-10-17(34(4,5)30)13-21(19)33-3;1-14(2)31-20-9-7-6-8-18(20)25-21-16(23)13-24-22(27-21)26-17-11-10-15(30(4,5)28)12-19(17)29-3/h7-12,22,24H,6,13-21H2,1-5H3,(H,34,35,36);6-11,20-22H,12-19H2,1-5H3,(H,32,33,34);6-11,13-15,23H,12H2,1-5H3,(H,26,27,28);6-14H,1-5H3,(H2,24,25,26,27). The first-order valence-corrected chi connectivity index (χ1v) is 64.0. The number of fused-ring (bicyclic) bond motifs is 1. The van der Waals surface area contributed by atoms with Crippen LogP contribution in [0.2, 0.25) is 15.1 Å². The number of aromatic nitrogens is 8. The maximum atomic E-state index is 13.1. The van der Waals surface area contributed by atoms with E-state index in [0.29, 0.717) is 125 Å². The molecular weight excluding hydrogens is 2060 g/mol. The molecular formula is C109H139Cl3N20O11P4S2. The summed E-state index contributed by atoms with van der Waals surface area (Å²) in [5, 5.41) is 20.3. The number of halogens is 3. The van der Waals surface area contributed by atoms with E-state index in [4.69, 9.17) is 68.7 Å². The molecule has 4 aromatic heterocycles. The zero-order valence-corrected chi connectivity index (χ0v) is 96.1. The van der Waals surface area contributed by atoms with Crippen molar-refractivity contribution in [2.45, 2.75) is 118 Å². The molecule has 0 spiro atoms. The summed E-state index contributed by atoms with van der Waals surface area (Å²) >= 11 is 21.4. The molecule has 1 unspecified atom stereocenters. The summed E-state index contributed by atoms with van der Waals surface area (Å²) in [6, 6.07) is 54.6. The van der Waals surface area contributed by atoms with Gasteiger partial charge in [0, 0.05) is 183 Å². The number of methoxy groups -OCH3 is 4. The summed E-state index contributed by atoms with van der Waals surface area (Å²) in [6.45, 7) is 37.0. The Balaban J connectivity index is 0.000000158. The fraction of sp³-hybridized carbons (Fsp3) is 0.404. The minimum absolute atomic E-state index is 0.124. The van der Waals surface area contributed by atoms with Gasteiger partial charge in [-0.25, -0.2) is 38.3 Å². The van der Waals surface area contributed by atoms with Gasteiger partial charge >= 0.3 is 0 Å². The first-order chi connectivity index (χ1) is 70.9. The molecule has 31 nitrogen and oxygen atoms in total. The first-order valence-electron chi connectivity index (χ1n) is 50.0. The van der Waals surface area contributed by atoms with Crippen molar-refractivity contribution in [3.63, 3.8) is 0 Å². The molecule has 40 heteroatoms. The number of piperidine rings is 2. The predicted molar refractivity (Wildman–Crippen MR) is 616 cm³/mol. The number of sulfone groups is 1. The smallest absolute Gasteiger partial charge is 0.229 e. The number of para-hydroxylation sites is 3. The summed E-state index contributed by atoms with van der Waals surface area (Å²) in [7, 11) is -0.723. The predicted octanol–water partition coefficient (Wildman–Crippen LogP) is 20.9. The molecule has 0 radical (unpaired) electrons. The van der Waals surface area contributed by atoms with Crippen molar-refractivity contribution in [2.24, 2.45) is 0 Å². The van der Waals surface area contributed by atoms with Gasteiger partial charge < -0.3 is 88.3 Å². The lowest BCUT2D eigenvalue weighted by Crippen LogP contribution is -2.52. The third kappa shape index (κ3) is 29.0. The zero-order valence-electron chi connectivity index (χ0n) is 88.7. The van der Waals surface area contributed by atoms with Crippen molar-refractivity contribution < 1.29 is 50.4 Å². The molecule has 0 saturated carbocycles. The minimum atomic E-state index is -3.61. The Morgan fingerprint density at radius 1 is 0.477 bits per heavy atom. The Labute approximate surface area is 897 Å². The number of carbonyl (C=O) groups is 1. The second kappa shape index (κ2) is 50.2. The number of benzene rings is 8. The number of ether oxygens (including phenoxy) is 4. The van der Waals surface area contributed by atoms with E-state index in [0.717, 1.165) is 111 Å². The van der Waals surface area contributed by atoms with Gasteiger partial charge in [-0.05, 0) is 216 Å². The average molecular weight is 2200 g/mol. The van der Waals surface area contributed by atoms with E-state index in [9.17, 15) is 31.5 Å². The highest BCUT2D eigenvalue weighted by Crippen LogP contribution is 2.47. The monoisotopic (exact) mass is 2200 g/mol. The summed E-state index contributed by atoms with van der Waals surface area (Å²) in [4.78, 5) is 67.8. The quantitative estimate of drug-likeness (QED) is 0.0193. The molecule has 0 amide bonds. The van der Waals surface area contributed by atoms with Gasteiger partial charge in [-0.2, -0.15) is 9.97 Å². The summed E-state index contributed by atoms with van der Waals surface area (Å²) < 4.78 is 99.3. The van der Waals surface area contributed by atoms with Gasteiger partial charge in [0.05, 0.1) is 102 Å². The van der Waals surface area contributed by atoms with Crippen molar-refractivity contribution in [1.82, 2.24) is 59.5 Å². The molecule has 17 rings (SSSR count). The van der Waals surface area contributed by atoms with Gasteiger partial charge in [0.15, 0.2) is 33.1 Å². The highest BCUT2D eigenvalue weighted by molar-refractivity contribution is 8.00. The van der Waals surface area contributed by atoms with Crippen LogP contribution in [0.25, 0.3) is 0 Å². The van der Waals surface area contributed by atoms with Gasteiger partial charge in [-0.1, -0.05) is 116 Å². The number of thioether (sulfide) groups is 1. The molecule has 5 N–H and O–H groups in total. The third-order valence-electron chi connectivity index (χ3n) is 27.1. The summed E-state index contributed by atoms with van der Waals surface area (Å²) in [6.07, 6.45) is 10.8. The number of nitrogens with zero attached hydrogens (tertiary/aromatic N) is 15. The van der Waals surface area contributed by atoms with Crippen LogP contribution in [0, 0.1) is 0 Å². The van der Waals surface area contributed by atoms with Crippen LogP contribution in [0.15, 0.2) is 198 Å². The number of Topliss-reactive ketones (excluding diaryl/α,β-unsaturated/α-hetero) is 1. The fourth-order valence-electron chi connectivity index (χ4n) is 18.7. The number of ketones is 1. The molecule has 149 heavy (non-hydrogen) atoms. The highest BCUT2D eigenvalue weighted by Gasteiger charge is 2.39. The lowest BCUT2D eigenvalue weighted by atomic mass is 9.96. The molecule has 1 aliphatic carbocycles. The normalized spacial score (nSPS) is 15.8. The number of piperazine rings is 2. The van der Waals surface area contributed by atoms with Crippen LogP contribution in [-0.4, -0.2) is 278 Å². The van der Waals surface area contributed by atoms with Crippen LogP contribution < -0.4 is 81.4 Å². The van der Waals surface area contributed by atoms with Crippen molar-refractivity contribution in [3.8, 4) is 23.0 Å². The van der Waals surface area contributed by atoms with Crippen molar-refractivity contribution in [2.75, 3.05) is 223 Å². The molecule has 1 atom stereocenters. The maximum absolute atomic E-state index is 13.1. The van der Waals surface area contributed by atoms with Gasteiger partial charge in [0.1, 0.15) is 72.5 Å². The van der Waals surface area contributed by atoms with Crippen LogP contribution in [0.3, 0.4) is 0 Å². The lowest BCUT2D eigenvalue weighted by Gasteiger charge is -2.42. The van der Waals surface area contributed by atoms with Gasteiger partial charge in [-0.15, -0.1) is 11.8 Å². The Bertz CT molecular complexity index is 7070. The van der Waals surface area contributed by atoms with E-state index < -0.39 is 49.6 Å². The molecule has 794 valence electrons. The van der Waals surface area contributed by atoms with Crippen molar-refractivity contribution in [1.29, 1.82) is 0 Å². The lowest BCUT2D eigenvalue weighted by molar-refractivity contribution is -0.118. The maximum Gasteiger partial charge on any atom is 0.229 e. The molecule has 12 aromatic rings. The fourth-order valence-corrected chi connectivity index (χ4v) is 25.6. The van der Waals surface area contributed by atoms with Crippen LogP contribution >= 0.6 is 75.1 Å². The average Bonchev–Trinajstić information content (AvgIpc) is 1.60. The van der Waals surface area contributed by atoms with Gasteiger partial charge in [0.25, 0.3) is 0 Å². The Morgan fingerprint density at radius 2 is 0.940 bits per heavy atom. The number of anilines is 14. The first kappa shape index (κ1) is 114. The van der Waals surface area contributed by atoms with Crippen molar-refractivity contribution in [3.05, 3.63) is 237 Å². The Hall–Kier alpha value is -10.7. The number of carbonyl (C=O) groups excluding carboxylic acids is 1. The molecule has 8 heterocycles. The molecule has 4 fully saturated rings. The van der Waals surface area contributed by atoms with E-state index in [1.54, 1.807) is 167 Å². The minimum Gasteiger partial charge on any atom is -0.496 e. The van der Waals surface area contributed by atoms with Crippen LogP contribution in [-0.2, 0) is 52.2 Å². The number of hydrogen-bond acceptors (Lipinski definition) is 32. The van der Waals surface area contributed by atoms with E-state index >= 15 is 0 Å². The molecule has 0 bridgehead atoms. The van der Waals surface area contributed by atoms with Crippen molar-refractivity contribution >= 4 is 193 Å². The van der Waals surface area contributed by atoms with Crippen LogP contribution in [0.1, 0.15) is 100 Å². The number of likely N-dealkylation sites (N-methyl/N-ethyl adjacent to an activating group) is 2. The zero-order chi connectivity index (χ0) is 107. The van der Waals surface area contributed by atoms with E-state index in [2.05, 4.69) is 145 Å². The topological polar surface area (TPSA) is 342 Å². The second-order valence-corrected chi connectivity index (χ2v) is 58.0. The molecule has 5 aliphatic rings. The number of nitrogens with one attached hydrogen (secondary N) is 5. The SMILES string of the molecule is CCc1nc(Cc2ccc(N3CCC(N4CCN(C)CC4)CC3)cc2OC)nc(Nc2ccccc2P(C)(C)=O)c1Cl.COc1cc(N2CCC(N3CCN(C)CC3)CC2)ccc1Nc1ncc(Cl)c(N(C)c2ccccc2P(C)(C)=O)n1.COc1cc(P(C)(C)=O)ccc1Nc1ncc(Cl)c(Nc2ccccc2SC(C)C)n1.COc1cc(P(C)(C)=O)ccc1Nc1ncc2c(n1)C(c1ccccc1S(=O)(=O)C(C)C)C(=O)C2. The molecule has 4 aliphatic heterocycles. The van der Waals surface area contributed by atoms with Gasteiger partial charge in [0.2, 0.25) is 17.8 Å². The number of rotatable bonds is 32. The largest absolute Gasteiger partial charge is 0.496 e. The summed E-state index contributed by atoms with van der Waals surface area (Å²) in [5.41, 5.74) is 10.2. The second-order valence-electron chi connectivity index (χ2n) is 39.9. The van der Waals surface area contributed by atoms with Gasteiger partial charge in [-0.3, -0.25) is 14.6 Å². The summed E-state index contributed by atoms with van der Waals surface area (Å²) in [5.74, 6) is 4.89. The Morgan fingerprint density at radius 3 is 1.47 bits per heavy atom. The van der Waals surface area contributed by atoms with E-state index in [1.165, 1.54) is 77.7 Å². The molecule has 8 aromatic carbocycles. The van der Waals surface area contributed by atoms with E-state index in [1.807, 2.05) is 104 Å². The Kier molecular flexibility index (Phi) is 38.4. The van der Waals surface area contributed by atoms with E-state index in [-0.39, 0.29) is 23.0 Å². The third-order valence-corrected chi connectivity index (χ3v) is 37.5. The van der Waals surface area contributed by atoms with Crippen LogP contribution in [0.5, 0.6) is 23.0 Å². The number of hydrogen-bond donors (Lipinski definition) is 5. The highest BCUT2D eigenvalue weighted by atomic mass is 35.5. The number of aryl methyl sites for hydroxylation is 1. The van der Waals surface area contributed by atoms with Crippen LogP contribution in [0.4, 0.5) is 80.8 Å². The molecule has 4 saturated heterocycles.